The Hall–Kier alpha value is -0.910. The molecule has 0 unspecified atom stereocenters. The molecule has 0 saturated carbocycles. The molecule has 1 aliphatic rings. The van der Waals surface area contributed by atoms with Gasteiger partial charge in [-0.15, -0.1) is 0 Å². The molecule has 1 aliphatic heterocycles. The van der Waals surface area contributed by atoms with Crippen molar-refractivity contribution < 1.29 is 19.4 Å². The van der Waals surface area contributed by atoms with Crippen LogP contribution >= 0.6 is 15.9 Å². The van der Waals surface area contributed by atoms with Crippen molar-refractivity contribution in [2.45, 2.75) is 68.8 Å². The monoisotopic (exact) mass is 384 g/mol. The summed E-state index contributed by atoms with van der Waals surface area (Å²) in [6, 6.07) is 8.86. The zero-order valence-corrected chi connectivity index (χ0v) is 15.2. The summed E-state index contributed by atoms with van der Waals surface area (Å²) in [5, 5.41) is 10.4. The molecule has 5 atom stereocenters. The van der Waals surface area contributed by atoms with E-state index in [1.54, 1.807) is 24.3 Å². The number of ether oxygens (including phenoxy) is 2. The average molecular weight is 385 g/mol. The lowest BCUT2D eigenvalue weighted by Gasteiger charge is -2.34. The third-order valence-electron chi connectivity index (χ3n) is 4.21. The smallest absolute Gasteiger partial charge is 0.338 e. The molecule has 0 radical (unpaired) electrons. The van der Waals surface area contributed by atoms with E-state index in [0.29, 0.717) is 18.4 Å². The number of carbonyl (C=O) groups is 1. The lowest BCUT2D eigenvalue weighted by molar-refractivity contribution is -0.0902. The van der Waals surface area contributed by atoms with Gasteiger partial charge in [-0.25, -0.2) is 4.79 Å². The van der Waals surface area contributed by atoms with Gasteiger partial charge in [0.25, 0.3) is 0 Å². The van der Waals surface area contributed by atoms with Gasteiger partial charge in [0, 0.05) is 11.2 Å². The van der Waals surface area contributed by atoms with Crippen molar-refractivity contribution >= 4 is 21.9 Å². The maximum Gasteiger partial charge on any atom is 0.338 e. The van der Waals surface area contributed by atoms with E-state index < -0.39 is 18.2 Å². The summed E-state index contributed by atoms with van der Waals surface area (Å²) < 4.78 is 11.6. The highest BCUT2D eigenvalue weighted by Crippen LogP contribution is 2.27. The zero-order chi connectivity index (χ0) is 16.8. The zero-order valence-electron chi connectivity index (χ0n) is 13.7. The first-order chi connectivity index (χ1) is 11.0. The fourth-order valence-corrected chi connectivity index (χ4v) is 3.25. The van der Waals surface area contributed by atoms with E-state index in [-0.39, 0.29) is 17.0 Å². The van der Waals surface area contributed by atoms with E-state index in [2.05, 4.69) is 22.9 Å². The second kappa shape index (κ2) is 8.81. The molecule has 0 spiro atoms. The maximum atomic E-state index is 12.2. The molecule has 128 valence electrons. The summed E-state index contributed by atoms with van der Waals surface area (Å²) in [6.45, 7) is 4.07. The summed E-state index contributed by atoms with van der Waals surface area (Å²) in [6.07, 6.45) is 1.59. The predicted octanol–water partition coefficient (Wildman–Crippen LogP) is 3.70. The molecule has 1 heterocycles. The minimum Gasteiger partial charge on any atom is -0.456 e. The van der Waals surface area contributed by atoms with Crippen LogP contribution in [0, 0.1) is 0 Å². The highest BCUT2D eigenvalue weighted by Gasteiger charge is 2.32. The van der Waals surface area contributed by atoms with Gasteiger partial charge in [0.1, 0.15) is 6.10 Å². The van der Waals surface area contributed by atoms with Gasteiger partial charge in [-0.05, 0) is 38.3 Å². The van der Waals surface area contributed by atoms with Crippen LogP contribution in [0.15, 0.2) is 30.3 Å². The third kappa shape index (κ3) is 5.30. The summed E-state index contributed by atoms with van der Waals surface area (Å²) in [4.78, 5) is 12.5. The Bertz CT molecular complexity index is 493. The quantitative estimate of drug-likeness (QED) is 0.634. The molecule has 0 bridgehead atoms. The van der Waals surface area contributed by atoms with E-state index in [1.807, 2.05) is 13.0 Å². The summed E-state index contributed by atoms with van der Waals surface area (Å²) in [7, 11) is 0. The lowest BCUT2D eigenvalue weighted by Crippen LogP contribution is -2.40. The Morgan fingerprint density at radius 3 is 2.74 bits per heavy atom. The molecule has 0 amide bonds. The number of aliphatic hydroxyl groups is 1. The molecule has 1 fully saturated rings. The first kappa shape index (κ1) is 18.4. The molecule has 5 heteroatoms. The first-order valence-electron chi connectivity index (χ1n) is 8.24. The van der Waals surface area contributed by atoms with Gasteiger partial charge < -0.3 is 14.6 Å². The van der Waals surface area contributed by atoms with Gasteiger partial charge in [0.15, 0.2) is 0 Å². The van der Waals surface area contributed by atoms with Crippen LogP contribution in [-0.2, 0) is 9.47 Å². The van der Waals surface area contributed by atoms with E-state index >= 15 is 0 Å². The van der Waals surface area contributed by atoms with Gasteiger partial charge in [0.2, 0.25) is 0 Å². The second-order valence-electron chi connectivity index (χ2n) is 6.10. The third-order valence-corrected chi connectivity index (χ3v) is 5.45. The fourth-order valence-electron chi connectivity index (χ4n) is 2.86. The number of rotatable bonds is 4. The van der Waals surface area contributed by atoms with Crippen LogP contribution in [0.2, 0.25) is 0 Å². The normalized spacial score (nSPS) is 30.1. The number of aliphatic hydroxyl groups excluding tert-OH is 1. The number of hydrogen-bond acceptors (Lipinski definition) is 4. The number of esters is 1. The van der Waals surface area contributed by atoms with Crippen molar-refractivity contribution in [2.75, 3.05) is 0 Å². The van der Waals surface area contributed by atoms with Crippen LogP contribution in [0.5, 0.6) is 0 Å². The Labute approximate surface area is 146 Å². The topological polar surface area (TPSA) is 55.8 Å². The standard InChI is InChI=1S/C18H25BrO4/c1-3-14(19)16-10-9-15(20)17(11-12(2)22-16)23-18(21)13-7-5-4-6-8-13/h4-8,12,14-17,20H,3,9-11H2,1-2H3/t12-,14+,15-,16+,17+/m1/s1. The predicted molar refractivity (Wildman–Crippen MR) is 92.8 cm³/mol. The lowest BCUT2D eigenvalue weighted by atomic mass is 9.97. The molecule has 4 nitrogen and oxygen atoms in total. The number of carbonyl (C=O) groups excluding carboxylic acids is 1. The molecular formula is C18H25BrO4. The van der Waals surface area contributed by atoms with Gasteiger partial charge in [0.05, 0.1) is 23.9 Å². The summed E-state index contributed by atoms with van der Waals surface area (Å²) >= 11 is 3.64. The number of halogens is 1. The molecule has 23 heavy (non-hydrogen) atoms. The summed E-state index contributed by atoms with van der Waals surface area (Å²) in [5.74, 6) is -0.397. The number of hydrogen-bond donors (Lipinski definition) is 1. The van der Waals surface area contributed by atoms with Crippen molar-refractivity contribution in [2.24, 2.45) is 0 Å². The second-order valence-corrected chi connectivity index (χ2v) is 7.28. The first-order valence-corrected chi connectivity index (χ1v) is 9.16. The van der Waals surface area contributed by atoms with E-state index in [1.165, 1.54) is 0 Å². The summed E-state index contributed by atoms with van der Waals surface area (Å²) in [5.41, 5.74) is 0.500. The molecule has 2 rings (SSSR count). The number of alkyl halides is 1. The van der Waals surface area contributed by atoms with Crippen LogP contribution in [-0.4, -0.2) is 40.3 Å². The molecule has 1 N–H and O–H groups in total. The van der Waals surface area contributed by atoms with E-state index in [9.17, 15) is 9.90 Å². The van der Waals surface area contributed by atoms with Crippen molar-refractivity contribution in [3.05, 3.63) is 35.9 Å². The molecular weight excluding hydrogens is 360 g/mol. The van der Waals surface area contributed by atoms with Crippen molar-refractivity contribution in [1.29, 1.82) is 0 Å². The minimum absolute atomic E-state index is 0.0740. The Balaban J connectivity index is 1.99. The van der Waals surface area contributed by atoms with Crippen molar-refractivity contribution in [1.82, 2.24) is 0 Å². The fraction of sp³-hybridized carbons (Fsp3) is 0.611. The van der Waals surface area contributed by atoms with Crippen LogP contribution in [0.3, 0.4) is 0 Å². The van der Waals surface area contributed by atoms with Gasteiger partial charge in [-0.2, -0.15) is 0 Å². The molecule has 0 aliphatic carbocycles. The van der Waals surface area contributed by atoms with Gasteiger partial charge in [-0.3, -0.25) is 0 Å². The van der Waals surface area contributed by atoms with Crippen LogP contribution in [0.25, 0.3) is 0 Å². The van der Waals surface area contributed by atoms with Crippen LogP contribution in [0.4, 0.5) is 0 Å². The van der Waals surface area contributed by atoms with Gasteiger partial charge in [-0.1, -0.05) is 41.1 Å². The van der Waals surface area contributed by atoms with E-state index in [4.69, 9.17) is 9.47 Å². The Morgan fingerprint density at radius 1 is 1.39 bits per heavy atom. The SMILES string of the molecule is CC[C@H](Br)[C@@H]1CC[C@@H](O)[C@@H](OC(=O)c2ccccc2)C[C@@H](C)O1. The largest absolute Gasteiger partial charge is 0.456 e. The van der Waals surface area contributed by atoms with Gasteiger partial charge >= 0.3 is 5.97 Å². The average Bonchev–Trinajstić information content (AvgIpc) is 2.56. The molecule has 1 aromatic rings. The van der Waals surface area contributed by atoms with Crippen molar-refractivity contribution in [3.8, 4) is 0 Å². The highest BCUT2D eigenvalue weighted by atomic mass is 79.9. The van der Waals surface area contributed by atoms with Crippen molar-refractivity contribution in [3.63, 3.8) is 0 Å². The molecule has 1 saturated heterocycles. The highest BCUT2D eigenvalue weighted by molar-refractivity contribution is 9.09. The Kier molecular flexibility index (Phi) is 7.06. The Morgan fingerprint density at radius 2 is 2.09 bits per heavy atom. The minimum atomic E-state index is -0.659. The van der Waals surface area contributed by atoms with E-state index in [0.717, 1.165) is 12.8 Å². The maximum absolute atomic E-state index is 12.2. The van der Waals surface area contributed by atoms with Crippen LogP contribution < -0.4 is 0 Å². The molecule has 0 aromatic heterocycles. The van der Waals surface area contributed by atoms with Crippen LogP contribution in [0.1, 0.15) is 49.9 Å². The number of benzene rings is 1. The molecule has 1 aromatic carbocycles.